The van der Waals surface area contributed by atoms with Crippen molar-refractivity contribution in [1.82, 2.24) is 0 Å². The highest BCUT2D eigenvalue weighted by Crippen LogP contribution is 2.35. The number of hydrogen-bond donors (Lipinski definition) is 0. The van der Waals surface area contributed by atoms with Crippen molar-refractivity contribution in [2.45, 2.75) is 0 Å². The maximum Gasteiger partial charge on any atom is 0.281 e. The summed E-state index contributed by atoms with van der Waals surface area (Å²) in [6, 6.07) is 18.2. The van der Waals surface area contributed by atoms with Gasteiger partial charge in [-0.25, -0.2) is 0 Å². The van der Waals surface area contributed by atoms with Crippen LogP contribution in [0.3, 0.4) is 0 Å². The molecule has 0 saturated heterocycles. The number of amides is 1. The average Bonchev–Trinajstić information content (AvgIpc) is 3.19. The van der Waals surface area contributed by atoms with Crippen LogP contribution < -0.4 is 19.2 Å². The SMILES string of the molecule is COc1ccc(C2=NN(c3ccc([N+](=O)[O-])cc3)C(=O)/C2=C\c2cccc(OC)c2OC)cc1. The van der Waals surface area contributed by atoms with Gasteiger partial charge >= 0.3 is 0 Å². The lowest BCUT2D eigenvalue weighted by Gasteiger charge is -2.12. The first-order valence-electron chi connectivity index (χ1n) is 10.2. The first-order chi connectivity index (χ1) is 16.5. The summed E-state index contributed by atoms with van der Waals surface area (Å²) >= 11 is 0. The van der Waals surface area contributed by atoms with E-state index in [4.69, 9.17) is 14.2 Å². The maximum atomic E-state index is 13.5. The van der Waals surface area contributed by atoms with Crippen molar-refractivity contribution in [3.8, 4) is 17.2 Å². The first-order valence-corrected chi connectivity index (χ1v) is 10.2. The number of ether oxygens (including phenoxy) is 3. The fourth-order valence-electron chi connectivity index (χ4n) is 3.58. The molecule has 1 amide bonds. The number of rotatable bonds is 7. The molecule has 34 heavy (non-hydrogen) atoms. The Morgan fingerprint density at radius 2 is 1.62 bits per heavy atom. The van der Waals surface area contributed by atoms with Gasteiger partial charge in [-0.2, -0.15) is 10.1 Å². The van der Waals surface area contributed by atoms with Crippen molar-refractivity contribution in [1.29, 1.82) is 0 Å². The second kappa shape index (κ2) is 9.45. The van der Waals surface area contributed by atoms with Gasteiger partial charge < -0.3 is 14.2 Å². The van der Waals surface area contributed by atoms with E-state index in [1.807, 2.05) is 6.07 Å². The van der Waals surface area contributed by atoms with E-state index in [9.17, 15) is 14.9 Å². The second-order valence-electron chi connectivity index (χ2n) is 7.21. The molecule has 0 unspecified atom stereocenters. The summed E-state index contributed by atoms with van der Waals surface area (Å²) in [5, 5.41) is 16.8. The second-order valence-corrected chi connectivity index (χ2v) is 7.21. The number of benzene rings is 3. The molecular weight excluding hydrogens is 438 g/mol. The Kier molecular flexibility index (Phi) is 6.26. The van der Waals surface area contributed by atoms with Gasteiger partial charge in [0.05, 0.1) is 37.5 Å². The van der Waals surface area contributed by atoms with Gasteiger partial charge in [-0.15, -0.1) is 0 Å². The Morgan fingerprint density at radius 3 is 2.21 bits per heavy atom. The van der Waals surface area contributed by atoms with Crippen molar-refractivity contribution < 1.29 is 23.9 Å². The van der Waals surface area contributed by atoms with E-state index in [-0.39, 0.29) is 11.6 Å². The molecule has 0 saturated carbocycles. The lowest BCUT2D eigenvalue weighted by molar-refractivity contribution is -0.384. The van der Waals surface area contributed by atoms with Crippen LogP contribution in [0, 0.1) is 10.1 Å². The molecule has 9 heteroatoms. The van der Waals surface area contributed by atoms with Gasteiger partial charge in [0.1, 0.15) is 11.5 Å². The zero-order chi connectivity index (χ0) is 24.2. The number of carbonyl (C=O) groups excluding carboxylic acids is 1. The monoisotopic (exact) mass is 459 g/mol. The summed E-state index contributed by atoms with van der Waals surface area (Å²) in [4.78, 5) is 24.0. The van der Waals surface area contributed by atoms with Crippen molar-refractivity contribution >= 4 is 29.1 Å². The van der Waals surface area contributed by atoms with E-state index in [1.54, 1.807) is 49.6 Å². The number of nitro benzene ring substituents is 1. The molecule has 0 fully saturated rings. The fourth-order valence-corrected chi connectivity index (χ4v) is 3.58. The van der Waals surface area contributed by atoms with Gasteiger partial charge in [-0.05, 0) is 48.5 Å². The highest BCUT2D eigenvalue weighted by molar-refractivity contribution is 6.37. The van der Waals surface area contributed by atoms with Gasteiger partial charge in [-0.1, -0.05) is 12.1 Å². The zero-order valence-electron chi connectivity index (χ0n) is 18.7. The molecule has 0 atom stereocenters. The third-order valence-corrected chi connectivity index (χ3v) is 5.28. The number of anilines is 1. The Morgan fingerprint density at radius 1 is 0.912 bits per heavy atom. The van der Waals surface area contributed by atoms with Crippen molar-refractivity contribution in [3.63, 3.8) is 0 Å². The first kappa shape index (κ1) is 22.5. The number of methoxy groups -OCH3 is 3. The number of nitro groups is 1. The van der Waals surface area contributed by atoms with Gasteiger partial charge in [-0.3, -0.25) is 14.9 Å². The number of carbonyl (C=O) groups is 1. The number of hydrazone groups is 1. The number of hydrogen-bond acceptors (Lipinski definition) is 7. The number of nitrogens with zero attached hydrogens (tertiary/aromatic N) is 3. The van der Waals surface area contributed by atoms with Gasteiger partial charge in [0.25, 0.3) is 11.6 Å². The van der Waals surface area contributed by atoms with Crippen LogP contribution in [0.4, 0.5) is 11.4 Å². The van der Waals surface area contributed by atoms with E-state index in [2.05, 4.69) is 5.10 Å². The van der Waals surface area contributed by atoms with Crippen molar-refractivity contribution in [2.24, 2.45) is 5.10 Å². The molecule has 1 aliphatic rings. The van der Waals surface area contributed by atoms with Crippen LogP contribution in [0.2, 0.25) is 0 Å². The average molecular weight is 459 g/mol. The molecule has 0 N–H and O–H groups in total. The molecule has 0 aromatic heterocycles. The van der Waals surface area contributed by atoms with Crippen molar-refractivity contribution in [2.75, 3.05) is 26.3 Å². The minimum atomic E-state index is -0.498. The molecule has 0 bridgehead atoms. The van der Waals surface area contributed by atoms with Gasteiger partial charge in [0.2, 0.25) is 0 Å². The summed E-state index contributed by atoms with van der Waals surface area (Å²) in [6.07, 6.45) is 1.69. The molecule has 1 aliphatic heterocycles. The number of para-hydroxylation sites is 1. The van der Waals surface area contributed by atoms with E-state index >= 15 is 0 Å². The fraction of sp³-hybridized carbons (Fsp3) is 0.120. The van der Waals surface area contributed by atoms with Crippen LogP contribution >= 0.6 is 0 Å². The lowest BCUT2D eigenvalue weighted by atomic mass is 9.99. The smallest absolute Gasteiger partial charge is 0.281 e. The summed E-state index contributed by atoms with van der Waals surface area (Å²) < 4.78 is 16.1. The van der Waals surface area contributed by atoms with Crippen LogP contribution in [0.5, 0.6) is 17.2 Å². The Hall–Kier alpha value is -4.66. The third kappa shape index (κ3) is 4.18. The standard InChI is InChI=1S/C25H21N3O6/c1-32-20-13-7-16(8-14-20)23-21(15-17-5-4-6-22(33-2)24(17)34-3)25(29)27(26-23)18-9-11-19(12-10-18)28(30)31/h4-15H,1-3H3/b21-15-. The Bertz CT molecular complexity index is 1300. The normalized spacial score (nSPS) is 14.2. The predicted octanol–water partition coefficient (Wildman–Crippen LogP) is 4.46. The predicted molar refractivity (Wildman–Crippen MR) is 128 cm³/mol. The molecule has 3 aromatic rings. The van der Waals surface area contributed by atoms with E-state index in [0.29, 0.717) is 45.3 Å². The maximum absolute atomic E-state index is 13.5. The lowest BCUT2D eigenvalue weighted by Crippen LogP contribution is -2.21. The Labute approximate surface area is 195 Å². The molecule has 172 valence electrons. The van der Waals surface area contributed by atoms with E-state index in [1.165, 1.54) is 43.5 Å². The number of non-ortho nitro benzene ring substituents is 1. The van der Waals surface area contributed by atoms with Crippen LogP contribution in [0.25, 0.3) is 6.08 Å². The Balaban J connectivity index is 1.84. The van der Waals surface area contributed by atoms with E-state index < -0.39 is 4.92 Å². The highest BCUT2D eigenvalue weighted by Gasteiger charge is 2.32. The van der Waals surface area contributed by atoms with Crippen molar-refractivity contribution in [3.05, 3.63) is 93.5 Å². The summed E-state index contributed by atoms with van der Waals surface area (Å²) in [5.74, 6) is 1.29. The quantitative estimate of drug-likeness (QED) is 0.294. The molecular formula is C25H21N3O6. The topological polar surface area (TPSA) is 104 Å². The van der Waals surface area contributed by atoms with Crippen LogP contribution in [0.15, 0.2) is 77.4 Å². The van der Waals surface area contributed by atoms with E-state index in [0.717, 1.165) is 0 Å². The van der Waals surface area contributed by atoms with Crippen LogP contribution in [0.1, 0.15) is 11.1 Å². The molecule has 9 nitrogen and oxygen atoms in total. The molecule has 4 rings (SSSR count). The van der Waals surface area contributed by atoms with Gasteiger partial charge in [0.15, 0.2) is 11.5 Å². The minimum Gasteiger partial charge on any atom is -0.497 e. The molecule has 0 radical (unpaired) electrons. The molecule has 0 spiro atoms. The van der Waals surface area contributed by atoms with Crippen LogP contribution in [-0.2, 0) is 4.79 Å². The summed E-state index contributed by atoms with van der Waals surface area (Å²) in [5.41, 5.74) is 2.43. The van der Waals surface area contributed by atoms with Crippen LogP contribution in [-0.4, -0.2) is 37.9 Å². The third-order valence-electron chi connectivity index (χ3n) is 5.28. The summed E-state index contributed by atoms with van der Waals surface area (Å²) in [7, 11) is 4.64. The zero-order valence-corrected chi connectivity index (χ0v) is 18.7. The molecule has 0 aliphatic carbocycles. The minimum absolute atomic E-state index is 0.0772. The molecule has 1 heterocycles. The molecule has 3 aromatic carbocycles. The largest absolute Gasteiger partial charge is 0.497 e. The summed E-state index contributed by atoms with van der Waals surface area (Å²) in [6.45, 7) is 0. The van der Waals surface area contributed by atoms with Gasteiger partial charge in [0, 0.05) is 23.3 Å². The highest BCUT2D eigenvalue weighted by atomic mass is 16.6.